The van der Waals surface area contributed by atoms with Crippen LogP contribution < -0.4 is 10.0 Å². The molecule has 0 radical (unpaired) electrons. The van der Waals surface area contributed by atoms with Gasteiger partial charge >= 0.3 is 7.60 Å². The highest BCUT2D eigenvalue weighted by molar-refractivity contribution is 7.63. The predicted molar refractivity (Wildman–Crippen MR) is 116 cm³/mol. The van der Waals surface area contributed by atoms with Crippen LogP contribution in [0.4, 0.5) is 0 Å². The molecule has 1 aliphatic heterocycles. The van der Waals surface area contributed by atoms with E-state index in [1.54, 1.807) is 7.11 Å². The third-order valence-corrected chi connectivity index (χ3v) is 7.05. The summed E-state index contributed by atoms with van der Waals surface area (Å²) in [4.78, 5) is 0. The van der Waals surface area contributed by atoms with E-state index in [9.17, 15) is 4.57 Å². The van der Waals surface area contributed by atoms with Crippen molar-refractivity contribution < 1.29 is 18.3 Å². The summed E-state index contributed by atoms with van der Waals surface area (Å²) in [6, 6.07) is 23.5. The Morgan fingerprint density at radius 1 is 0.931 bits per heavy atom. The van der Waals surface area contributed by atoms with Crippen molar-refractivity contribution in [1.29, 1.82) is 0 Å². The Bertz CT molecular complexity index is 1100. The smallest absolute Gasteiger partial charge is 0.411 e. The van der Waals surface area contributed by atoms with E-state index in [0.29, 0.717) is 16.8 Å². The van der Waals surface area contributed by atoms with E-state index < -0.39 is 7.60 Å². The molecule has 0 N–H and O–H groups in total. The average Bonchev–Trinajstić information content (AvgIpc) is 2.74. The molecule has 148 valence electrons. The normalized spacial score (nSPS) is 18.2. The summed E-state index contributed by atoms with van der Waals surface area (Å²) in [6.07, 6.45) is 0. The molecule has 0 bridgehead atoms. The zero-order valence-corrected chi connectivity index (χ0v) is 17.6. The van der Waals surface area contributed by atoms with E-state index in [1.807, 2.05) is 86.6 Å². The van der Waals surface area contributed by atoms with Crippen LogP contribution >= 0.6 is 7.60 Å². The van der Waals surface area contributed by atoms with Gasteiger partial charge in [-0.1, -0.05) is 60.7 Å². The lowest BCUT2D eigenvalue weighted by atomic mass is 9.92. The highest BCUT2D eigenvalue weighted by atomic mass is 31.2. The van der Waals surface area contributed by atoms with Gasteiger partial charge in [0.1, 0.15) is 11.5 Å². The standard InChI is InChI=1S/C24H23O4P/c1-4-27-29(25)24-17(2)15-20(26-3)16-21(24)22(18-11-7-5-8-12-18)23(28-29)19-13-9-6-10-14-19/h5-16H,4H2,1-3H3. The van der Waals surface area contributed by atoms with Crippen molar-refractivity contribution in [3.8, 4) is 5.75 Å². The molecule has 1 heterocycles. The minimum absolute atomic E-state index is 0.283. The van der Waals surface area contributed by atoms with Crippen molar-refractivity contribution >= 4 is 24.2 Å². The van der Waals surface area contributed by atoms with Gasteiger partial charge in [0.05, 0.1) is 19.0 Å². The number of fused-ring (bicyclic) bond motifs is 1. The molecule has 5 heteroatoms. The number of benzene rings is 3. The van der Waals surface area contributed by atoms with Gasteiger partial charge in [0.25, 0.3) is 0 Å². The van der Waals surface area contributed by atoms with Gasteiger partial charge < -0.3 is 9.26 Å². The molecule has 29 heavy (non-hydrogen) atoms. The Hall–Kier alpha value is -2.81. The Labute approximate surface area is 171 Å². The van der Waals surface area contributed by atoms with Crippen LogP contribution in [-0.4, -0.2) is 13.7 Å². The van der Waals surface area contributed by atoms with E-state index >= 15 is 0 Å². The topological polar surface area (TPSA) is 44.8 Å². The van der Waals surface area contributed by atoms with Crippen LogP contribution in [0.5, 0.6) is 5.75 Å². The first-order valence-electron chi connectivity index (χ1n) is 9.56. The van der Waals surface area contributed by atoms with Crippen molar-refractivity contribution in [2.24, 2.45) is 0 Å². The lowest BCUT2D eigenvalue weighted by molar-refractivity contribution is 0.279. The number of ether oxygens (including phenoxy) is 1. The minimum Gasteiger partial charge on any atom is -0.497 e. The maximum absolute atomic E-state index is 13.9. The predicted octanol–water partition coefficient (Wildman–Crippen LogP) is 5.81. The zero-order valence-electron chi connectivity index (χ0n) is 16.7. The number of rotatable bonds is 5. The van der Waals surface area contributed by atoms with Gasteiger partial charge in [-0.05, 0) is 37.1 Å². The molecule has 0 spiro atoms. The summed E-state index contributed by atoms with van der Waals surface area (Å²) in [5.41, 5.74) is 4.33. The van der Waals surface area contributed by atoms with E-state index in [4.69, 9.17) is 13.8 Å². The number of hydrogen-bond donors (Lipinski definition) is 0. The summed E-state index contributed by atoms with van der Waals surface area (Å²) >= 11 is 0. The fourth-order valence-corrected chi connectivity index (χ4v) is 5.71. The Balaban J connectivity index is 2.11. The highest BCUT2D eigenvalue weighted by Crippen LogP contribution is 2.58. The van der Waals surface area contributed by atoms with Crippen LogP contribution in [0.2, 0.25) is 0 Å². The van der Waals surface area contributed by atoms with Crippen molar-refractivity contribution in [1.82, 2.24) is 0 Å². The fourth-order valence-electron chi connectivity index (χ4n) is 3.69. The molecule has 0 fully saturated rings. The van der Waals surface area contributed by atoms with Crippen molar-refractivity contribution in [2.75, 3.05) is 13.7 Å². The van der Waals surface area contributed by atoms with Crippen molar-refractivity contribution in [3.63, 3.8) is 0 Å². The number of aryl methyl sites for hydroxylation is 1. The maximum atomic E-state index is 13.9. The molecule has 1 unspecified atom stereocenters. The molecule has 3 aromatic carbocycles. The fraction of sp³-hybridized carbons (Fsp3) is 0.167. The van der Waals surface area contributed by atoms with Crippen LogP contribution in [0.25, 0.3) is 11.3 Å². The average molecular weight is 406 g/mol. The molecule has 4 rings (SSSR count). The second kappa shape index (κ2) is 7.90. The molecule has 0 aliphatic carbocycles. The van der Waals surface area contributed by atoms with Crippen molar-refractivity contribution in [3.05, 3.63) is 95.1 Å². The quantitative estimate of drug-likeness (QED) is 0.502. The zero-order chi connectivity index (χ0) is 20.4. The van der Waals surface area contributed by atoms with Gasteiger partial charge in [0.2, 0.25) is 0 Å². The molecule has 1 atom stereocenters. The van der Waals surface area contributed by atoms with Gasteiger partial charge in [-0.15, -0.1) is 0 Å². The second-order valence-corrected chi connectivity index (χ2v) is 8.67. The molecule has 0 amide bonds. The van der Waals surface area contributed by atoms with Crippen LogP contribution in [0.15, 0.2) is 72.8 Å². The summed E-state index contributed by atoms with van der Waals surface area (Å²) in [5, 5.41) is 0.596. The third-order valence-electron chi connectivity index (χ3n) is 4.89. The molecule has 0 saturated heterocycles. The van der Waals surface area contributed by atoms with E-state index in [2.05, 4.69) is 0 Å². The largest absolute Gasteiger partial charge is 0.497 e. The Kier molecular flexibility index (Phi) is 5.31. The van der Waals surface area contributed by atoms with Crippen LogP contribution in [0.1, 0.15) is 29.2 Å². The summed E-state index contributed by atoms with van der Waals surface area (Å²) < 4.78 is 31.4. The molecule has 1 aliphatic rings. The summed E-state index contributed by atoms with van der Waals surface area (Å²) in [7, 11) is -1.93. The van der Waals surface area contributed by atoms with E-state index in [-0.39, 0.29) is 6.61 Å². The summed E-state index contributed by atoms with van der Waals surface area (Å²) in [5.74, 6) is 1.25. The van der Waals surface area contributed by atoms with Gasteiger partial charge in [-0.2, -0.15) is 0 Å². The minimum atomic E-state index is -3.56. The Morgan fingerprint density at radius 3 is 2.14 bits per heavy atom. The molecule has 0 aromatic heterocycles. The lowest BCUT2D eigenvalue weighted by Gasteiger charge is -2.31. The van der Waals surface area contributed by atoms with E-state index in [1.165, 1.54) is 0 Å². The molecule has 4 nitrogen and oxygen atoms in total. The van der Waals surface area contributed by atoms with Gasteiger partial charge in [-0.3, -0.25) is 4.52 Å². The molecule has 3 aromatic rings. The molecular weight excluding hydrogens is 383 g/mol. The van der Waals surface area contributed by atoms with Gasteiger partial charge in [0, 0.05) is 16.7 Å². The van der Waals surface area contributed by atoms with Crippen LogP contribution in [0.3, 0.4) is 0 Å². The molecule has 0 saturated carbocycles. The van der Waals surface area contributed by atoms with Crippen LogP contribution in [0, 0.1) is 6.92 Å². The Morgan fingerprint density at radius 2 is 1.55 bits per heavy atom. The van der Waals surface area contributed by atoms with Gasteiger partial charge in [0.15, 0.2) is 0 Å². The van der Waals surface area contributed by atoms with Crippen LogP contribution in [-0.2, 0) is 13.6 Å². The monoisotopic (exact) mass is 406 g/mol. The molecular formula is C24H23O4P. The van der Waals surface area contributed by atoms with Crippen molar-refractivity contribution in [2.45, 2.75) is 13.8 Å². The first kappa shape index (κ1) is 19.5. The number of hydrogen-bond acceptors (Lipinski definition) is 4. The number of methoxy groups -OCH3 is 1. The summed E-state index contributed by atoms with van der Waals surface area (Å²) in [6.45, 7) is 4.01. The third kappa shape index (κ3) is 3.50. The second-order valence-electron chi connectivity index (χ2n) is 6.78. The highest BCUT2D eigenvalue weighted by Gasteiger charge is 2.41. The van der Waals surface area contributed by atoms with Gasteiger partial charge in [-0.25, -0.2) is 4.57 Å². The first-order chi connectivity index (χ1) is 14.1. The van der Waals surface area contributed by atoms with E-state index in [0.717, 1.165) is 27.8 Å². The first-order valence-corrected chi connectivity index (χ1v) is 11.1. The maximum Gasteiger partial charge on any atom is 0.411 e. The lowest BCUT2D eigenvalue weighted by Crippen LogP contribution is -2.23. The SMILES string of the molecule is CCOP1(=O)OC(c2ccccc2)=C(c2ccccc2)c2cc(OC)cc(C)c21.